The number of amides is 1. The van der Waals surface area contributed by atoms with Crippen LogP contribution in [0.25, 0.3) is 11.4 Å². The molecule has 0 N–H and O–H groups in total. The third-order valence-electron chi connectivity index (χ3n) is 5.12. The van der Waals surface area contributed by atoms with Gasteiger partial charge in [-0.25, -0.2) is 8.42 Å². The number of nitrogens with zero attached hydrogens (tertiary/aromatic N) is 4. The standard InChI is InChI=1S/C19H26N4O3S2/c1-5-23(15-10-11-28(25,26)12-15)18(24)14(3)27-19-21-20-17(22(19)4)16-9-7-6-8-13(16)2/h6-9,14-15H,5,10-12H2,1-4H3/t14-,15-/m1/s1. The van der Waals surface area contributed by atoms with Gasteiger partial charge in [-0.15, -0.1) is 10.2 Å². The second-order valence-corrected chi connectivity index (χ2v) is 10.7. The SMILES string of the molecule is CCN(C(=O)[C@@H](C)Sc1nnc(-c2ccccc2C)n1C)[C@@H]1CCS(=O)(=O)C1. The number of hydrogen-bond acceptors (Lipinski definition) is 6. The van der Waals surface area contributed by atoms with Gasteiger partial charge in [0.25, 0.3) is 0 Å². The van der Waals surface area contributed by atoms with Crippen LogP contribution < -0.4 is 0 Å². The number of thioether (sulfide) groups is 1. The van der Waals surface area contributed by atoms with Gasteiger partial charge >= 0.3 is 0 Å². The minimum absolute atomic E-state index is 0.0601. The summed E-state index contributed by atoms with van der Waals surface area (Å²) in [5.41, 5.74) is 2.12. The molecule has 2 heterocycles. The number of rotatable bonds is 6. The Morgan fingerprint density at radius 3 is 2.68 bits per heavy atom. The minimum atomic E-state index is -3.03. The molecule has 2 aromatic rings. The lowest BCUT2D eigenvalue weighted by Crippen LogP contribution is -2.44. The van der Waals surface area contributed by atoms with E-state index < -0.39 is 9.84 Å². The Kier molecular flexibility index (Phi) is 6.14. The smallest absolute Gasteiger partial charge is 0.236 e. The van der Waals surface area contributed by atoms with Gasteiger partial charge in [0.05, 0.1) is 16.8 Å². The van der Waals surface area contributed by atoms with E-state index >= 15 is 0 Å². The van der Waals surface area contributed by atoms with E-state index in [0.29, 0.717) is 18.1 Å². The third-order valence-corrected chi connectivity index (χ3v) is 8.00. The van der Waals surface area contributed by atoms with Crippen molar-refractivity contribution < 1.29 is 13.2 Å². The number of benzene rings is 1. The second kappa shape index (κ2) is 8.24. The van der Waals surface area contributed by atoms with Gasteiger partial charge in [-0.05, 0) is 32.8 Å². The Morgan fingerprint density at radius 2 is 2.07 bits per heavy atom. The molecule has 1 aromatic heterocycles. The maximum Gasteiger partial charge on any atom is 0.236 e. The van der Waals surface area contributed by atoms with Crippen LogP contribution >= 0.6 is 11.8 Å². The van der Waals surface area contributed by atoms with E-state index in [9.17, 15) is 13.2 Å². The summed E-state index contributed by atoms with van der Waals surface area (Å²) >= 11 is 1.35. The molecule has 2 atom stereocenters. The van der Waals surface area contributed by atoms with Crippen molar-refractivity contribution >= 4 is 27.5 Å². The highest BCUT2D eigenvalue weighted by molar-refractivity contribution is 8.00. The van der Waals surface area contributed by atoms with Crippen molar-refractivity contribution in [3.05, 3.63) is 29.8 Å². The first-order valence-electron chi connectivity index (χ1n) is 9.36. The van der Waals surface area contributed by atoms with Gasteiger partial charge in [0.1, 0.15) is 0 Å². The molecule has 0 bridgehead atoms. The molecule has 0 unspecified atom stereocenters. The maximum atomic E-state index is 13.0. The summed E-state index contributed by atoms with van der Waals surface area (Å²) in [6.07, 6.45) is 0.515. The van der Waals surface area contributed by atoms with Crippen molar-refractivity contribution in [2.75, 3.05) is 18.1 Å². The summed E-state index contributed by atoms with van der Waals surface area (Å²) in [7, 11) is -1.14. The first-order valence-corrected chi connectivity index (χ1v) is 12.1. The van der Waals surface area contributed by atoms with E-state index in [-0.39, 0.29) is 28.7 Å². The van der Waals surface area contributed by atoms with E-state index in [2.05, 4.69) is 10.2 Å². The number of carbonyl (C=O) groups excluding carboxylic acids is 1. The number of carbonyl (C=O) groups is 1. The molecule has 1 fully saturated rings. The summed E-state index contributed by atoms with van der Waals surface area (Å²) in [5.74, 6) is 0.918. The van der Waals surface area contributed by atoms with Crippen LogP contribution in [0.15, 0.2) is 29.4 Å². The quantitative estimate of drug-likeness (QED) is 0.664. The van der Waals surface area contributed by atoms with Crippen molar-refractivity contribution in [2.24, 2.45) is 7.05 Å². The number of hydrogen-bond donors (Lipinski definition) is 0. The highest BCUT2D eigenvalue weighted by Crippen LogP contribution is 2.29. The fourth-order valence-electron chi connectivity index (χ4n) is 3.53. The van der Waals surface area contributed by atoms with Crippen molar-refractivity contribution in [2.45, 2.75) is 43.6 Å². The second-order valence-electron chi connectivity index (χ2n) is 7.12. The molecule has 28 heavy (non-hydrogen) atoms. The number of sulfone groups is 1. The Morgan fingerprint density at radius 1 is 1.36 bits per heavy atom. The molecule has 3 rings (SSSR count). The van der Waals surface area contributed by atoms with Crippen molar-refractivity contribution in [3.63, 3.8) is 0 Å². The fraction of sp³-hybridized carbons (Fsp3) is 0.526. The van der Waals surface area contributed by atoms with Crippen LogP contribution in [-0.2, 0) is 21.7 Å². The molecule has 0 saturated carbocycles. The molecule has 0 aliphatic carbocycles. The molecular weight excluding hydrogens is 396 g/mol. The van der Waals surface area contributed by atoms with Crippen molar-refractivity contribution in [3.8, 4) is 11.4 Å². The largest absolute Gasteiger partial charge is 0.338 e. The third kappa shape index (κ3) is 4.25. The van der Waals surface area contributed by atoms with Crippen LogP contribution in [0.5, 0.6) is 0 Å². The Bertz CT molecular complexity index is 971. The zero-order chi connectivity index (χ0) is 20.5. The lowest BCUT2D eigenvalue weighted by Gasteiger charge is -2.29. The van der Waals surface area contributed by atoms with E-state index in [1.54, 1.807) is 4.90 Å². The molecule has 9 heteroatoms. The summed E-state index contributed by atoms with van der Waals surface area (Å²) in [4.78, 5) is 14.7. The topological polar surface area (TPSA) is 85.2 Å². The highest BCUT2D eigenvalue weighted by Gasteiger charge is 2.35. The molecule has 7 nitrogen and oxygen atoms in total. The monoisotopic (exact) mass is 422 g/mol. The normalized spacial score (nSPS) is 19.5. The van der Waals surface area contributed by atoms with E-state index in [0.717, 1.165) is 17.0 Å². The van der Waals surface area contributed by atoms with Gasteiger partial charge < -0.3 is 9.47 Å². The van der Waals surface area contributed by atoms with Crippen LogP contribution in [0.4, 0.5) is 0 Å². The fourth-order valence-corrected chi connectivity index (χ4v) is 6.15. The molecule has 152 valence electrons. The van der Waals surface area contributed by atoms with E-state index in [1.807, 2.05) is 56.7 Å². The van der Waals surface area contributed by atoms with Crippen LogP contribution in [0.2, 0.25) is 0 Å². The molecule has 1 saturated heterocycles. The zero-order valence-electron chi connectivity index (χ0n) is 16.6. The Hall–Kier alpha value is -1.87. The van der Waals surface area contributed by atoms with E-state index in [1.165, 1.54) is 11.8 Å². The molecule has 1 aliphatic heterocycles. The maximum absolute atomic E-state index is 13.0. The van der Waals surface area contributed by atoms with Crippen LogP contribution in [0, 0.1) is 6.92 Å². The van der Waals surface area contributed by atoms with Gasteiger partial charge in [0.2, 0.25) is 5.91 Å². The average Bonchev–Trinajstić information content (AvgIpc) is 3.18. The highest BCUT2D eigenvalue weighted by atomic mass is 32.2. The van der Waals surface area contributed by atoms with Gasteiger partial charge in [-0.3, -0.25) is 4.79 Å². The predicted molar refractivity (Wildman–Crippen MR) is 111 cm³/mol. The van der Waals surface area contributed by atoms with Crippen LogP contribution in [-0.4, -0.2) is 63.3 Å². The van der Waals surface area contributed by atoms with E-state index in [4.69, 9.17) is 0 Å². The predicted octanol–water partition coefficient (Wildman–Crippen LogP) is 2.31. The molecule has 1 amide bonds. The van der Waals surface area contributed by atoms with Gasteiger partial charge in [0, 0.05) is 25.2 Å². The Labute approximate surface area is 170 Å². The number of aryl methyl sites for hydroxylation is 1. The first-order chi connectivity index (χ1) is 13.2. The Balaban J connectivity index is 1.75. The van der Waals surface area contributed by atoms with Crippen molar-refractivity contribution in [1.29, 1.82) is 0 Å². The average molecular weight is 423 g/mol. The molecule has 0 radical (unpaired) electrons. The summed E-state index contributed by atoms with van der Waals surface area (Å²) in [5, 5.41) is 8.86. The first kappa shape index (κ1) is 20.9. The number of aromatic nitrogens is 3. The van der Waals surface area contributed by atoms with Gasteiger partial charge in [-0.1, -0.05) is 36.0 Å². The molecular formula is C19H26N4O3S2. The summed E-state index contributed by atoms with van der Waals surface area (Å²) < 4.78 is 25.5. The van der Waals surface area contributed by atoms with Gasteiger partial charge in [0.15, 0.2) is 20.8 Å². The van der Waals surface area contributed by atoms with Gasteiger partial charge in [-0.2, -0.15) is 0 Å². The zero-order valence-corrected chi connectivity index (χ0v) is 18.3. The lowest BCUT2D eigenvalue weighted by molar-refractivity contribution is -0.131. The lowest BCUT2D eigenvalue weighted by atomic mass is 10.1. The molecule has 1 aliphatic rings. The molecule has 1 aromatic carbocycles. The van der Waals surface area contributed by atoms with Crippen molar-refractivity contribution in [1.82, 2.24) is 19.7 Å². The summed E-state index contributed by atoms with van der Waals surface area (Å²) in [6.45, 7) is 6.25. The minimum Gasteiger partial charge on any atom is -0.338 e. The van der Waals surface area contributed by atoms with Crippen LogP contribution in [0.1, 0.15) is 25.8 Å². The van der Waals surface area contributed by atoms with Crippen LogP contribution in [0.3, 0.4) is 0 Å². The summed E-state index contributed by atoms with van der Waals surface area (Å²) in [6, 6.07) is 7.74. The molecule has 0 spiro atoms.